The zero-order chi connectivity index (χ0) is 17.2. The molecule has 2 aliphatic carbocycles. The van der Waals surface area contributed by atoms with Gasteiger partial charge in [-0.3, -0.25) is 9.48 Å². The van der Waals surface area contributed by atoms with Gasteiger partial charge < -0.3 is 10.6 Å². The molecule has 1 heterocycles. The Balaban J connectivity index is 1.55. The lowest BCUT2D eigenvalue weighted by Gasteiger charge is -2.24. The molecule has 2 aliphatic rings. The zero-order valence-electron chi connectivity index (χ0n) is 14.8. The van der Waals surface area contributed by atoms with Crippen LogP contribution in [0.5, 0.6) is 0 Å². The molecule has 2 N–H and O–H groups in total. The summed E-state index contributed by atoms with van der Waals surface area (Å²) in [4.78, 5) is 12.3. The Morgan fingerprint density at radius 2 is 2.00 bits per heavy atom. The number of carbonyl (C=O) groups is 1. The molecule has 0 spiro atoms. The van der Waals surface area contributed by atoms with Crippen LogP contribution in [0, 0.1) is 0 Å². The summed E-state index contributed by atoms with van der Waals surface area (Å²) < 4.78 is 2.07. The van der Waals surface area contributed by atoms with Gasteiger partial charge in [0.2, 0.25) is 0 Å². The highest BCUT2D eigenvalue weighted by Crippen LogP contribution is 2.28. The maximum Gasteiger partial charge on any atom is 0.271 e. The highest BCUT2D eigenvalue weighted by Gasteiger charge is 2.31. The molecule has 1 amide bonds. The average molecular weight is 338 g/mol. The van der Waals surface area contributed by atoms with Crippen molar-refractivity contribution in [1.29, 1.82) is 0 Å². The highest BCUT2D eigenvalue weighted by molar-refractivity contribution is 5.93. The molecule has 0 aliphatic heterocycles. The number of aromatic nitrogens is 2. The van der Waals surface area contributed by atoms with Crippen LogP contribution in [0.15, 0.2) is 30.3 Å². The van der Waals surface area contributed by atoms with Crippen LogP contribution in [-0.4, -0.2) is 34.8 Å². The first-order valence-corrected chi connectivity index (χ1v) is 9.35. The van der Waals surface area contributed by atoms with Gasteiger partial charge in [-0.15, -0.1) is 0 Å². The molecular formula is C20H26N4O. The molecule has 5 heteroatoms. The number of nitrogens with zero attached hydrogens (tertiary/aromatic N) is 2. The number of benzene rings is 1. The summed E-state index contributed by atoms with van der Waals surface area (Å²) in [5.41, 5.74) is 4.32. The molecule has 1 fully saturated rings. The van der Waals surface area contributed by atoms with E-state index in [2.05, 4.69) is 44.7 Å². The first-order valence-electron chi connectivity index (χ1n) is 9.35. The van der Waals surface area contributed by atoms with Crippen LogP contribution in [0.3, 0.4) is 0 Å². The summed E-state index contributed by atoms with van der Waals surface area (Å²) in [6.07, 6.45) is 6.57. The third-order valence-corrected chi connectivity index (χ3v) is 5.29. The minimum Gasteiger partial charge on any atom is -0.354 e. The third kappa shape index (κ3) is 3.61. The SMILES string of the molecule is CNC(=O)c1nn(CCc2ccccc2)c2c1CC(NC1CC1)CC2. The second-order valence-electron chi connectivity index (χ2n) is 7.19. The molecule has 1 atom stereocenters. The summed E-state index contributed by atoms with van der Waals surface area (Å²) in [5.74, 6) is -0.0678. The minimum atomic E-state index is -0.0678. The van der Waals surface area contributed by atoms with Crippen LogP contribution in [0.4, 0.5) is 0 Å². The van der Waals surface area contributed by atoms with E-state index in [-0.39, 0.29) is 5.91 Å². The number of carbonyl (C=O) groups excluding carboxylic acids is 1. The maximum atomic E-state index is 12.3. The monoisotopic (exact) mass is 338 g/mol. The molecule has 0 saturated heterocycles. The third-order valence-electron chi connectivity index (χ3n) is 5.29. The van der Waals surface area contributed by atoms with Crippen molar-refractivity contribution >= 4 is 5.91 Å². The van der Waals surface area contributed by atoms with Crippen LogP contribution < -0.4 is 10.6 Å². The van der Waals surface area contributed by atoms with Crippen LogP contribution in [0.1, 0.15) is 46.6 Å². The van der Waals surface area contributed by atoms with E-state index in [0.717, 1.165) is 37.8 Å². The number of amides is 1. The van der Waals surface area contributed by atoms with Gasteiger partial charge in [-0.2, -0.15) is 5.10 Å². The molecule has 2 aromatic rings. The molecule has 1 saturated carbocycles. The van der Waals surface area contributed by atoms with Gasteiger partial charge in [0.1, 0.15) is 0 Å². The quantitative estimate of drug-likeness (QED) is 0.848. The topological polar surface area (TPSA) is 59.0 Å². The molecule has 0 radical (unpaired) electrons. The Labute approximate surface area is 148 Å². The molecule has 5 nitrogen and oxygen atoms in total. The van der Waals surface area contributed by atoms with E-state index in [0.29, 0.717) is 17.8 Å². The normalized spacial score (nSPS) is 19.5. The molecule has 0 bridgehead atoms. The Bertz CT molecular complexity index is 749. The fourth-order valence-corrected chi connectivity index (χ4v) is 3.78. The van der Waals surface area contributed by atoms with E-state index >= 15 is 0 Å². The summed E-state index contributed by atoms with van der Waals surface area (Å²) in [5, 5.41) is 11.2. The van der Waals surface area contributed by atoms with Crippen molar-refractivity contribution in [2.45, 2.75) is 57.2 Å². The van der Waals surface area contributed by atoms with Crippen LogP contribution in [0.25, 0.3) is 0 Å². The molecule has 1 aromatic carbocycles. The van der Waals surface area contributed by atoms with Gasteiger partial charge in [-0.05, 0) is 44.1 Å². The number of hydrogen-bond donors (Lipinski definition) is 2. The summed E-state index contributed by atoms with van der Waals surface area (Å²) in [6.45, 7) is 0.823. The first-order chi connectivity index (χ1) is 12.2. The van der Waals surface area contributed by atoms with Crippen molar-refractivity contribution in [1.82, 2.24) is 20.4 Å². The second kappa shape index (κ2) is 7.00. The molecule has 4 rings (SSSR count). The smallest absolute Gasteiger partial charge is 0.271 e. The lowest BCUT2D eigenvalue weighted by molar-refractivity contribution is 0.0956. The first kappa shape index (κ1) is 16.3. The van der Waals surface area contributed by atoms with E-state index in [4.69, 9.17) is 0 Å². The van der Waals surface area contributed by atoms with Crippen molar-refractivity contribution in [3.05, 3.63) is 52.8 Å². The Hall–Kier alpha value is -2.14. The Kier molecular flexibility index (Phi) is 4.57. The molecular weight excluding hydrogens is 312 g/mol. The Morgan fingerprint density at radius 3 is 2.72 bits per heavy atom. The van der Waals surface area contributed by atoms with Crippen molar-refractivity contribution in [2.75, 3.05) is 7.05 Å². The van der Waals surface area contributed by atoms with Gasteiger partial charge in [-0.1, -0.05) is 30.3 Å². The average Bonchev–Trinajstić information content (AvgIpc) is 3.39. The fraction of sp³-hybridized carbons (Fsp3) is 0.500. The minimum absolute atomic E-state index is 0.0678. The van der Waals surface area contributed by atoms with E-state index in [1.807, 2.05) is 6.07 Å². The lowest BCUT2D eigenvalue weighted by atomic mass is 9.91. The van der Waals surface area contributed by atoms with E-state index in [9.17, 15) is 4.79 Å². The van der Waals surface area contributed by atoms with Gasteiger partial charge in [-0.25, -0.2) is 0 Å². The number of rotatable bonds is 6. The number of aryl methyl sites for hydroxylation is 2. The summed E-state index contributed by atoms with van der Waals surface area (Å²) >= 11 is 0. The van der Waals surface area contributed by atoms with Crippen LogP contribution in [-0.2, 0) is 25.8 Å². The van der Waals surface area contributed by atoms with Gasteiger partial charge in [0.15, 0.2) is 5.69 Å². The van der Waals surface area contributed by atoms with Gasteiger partial charge in [0.05, 0.1) is 0 Å². The van der Waals surface area contributed by atoms with Crippen molar-refractivity contribution < 1.29 is 4.79 Å². The standard InChI is InChI=1S/C20H26N4O/c1-21-20(25)19-17-13-16(22-15-7-8-15)9-10-18(17)24(23-19)12-11-14-5-3-2-4-6-14/h2-6,15-16,22H,7-13H2,1H3,(H,21,25). The lowest BCUT2D eigenvalue weighted by Crippen LogP contribution is -2.36. The van der Waals surface area contributed by atoms with Crippen LogP contribution in [0.2, 0.25) is 0 Å². The predicted molar refractivity (Wildman–Crippen MR) is 97.7 cm³/mol. The molecule has 1 unspecified atom stereocenters. The van der Waals surface area contributed by atoms with E-state index in [1.165, 1.54) is 24.1 Å². The number of nitrogens with one attached hydrogen (secondary N) is 2. The fourth-order valence-electron chi connectivity index (χ4n) is 3.78. The van der Waals surface area contributed by atoms with Crippen molar-refractivity contribution in [3.63, 3.8) is 0 Å². The van der Waals surface area contributed by atoms with Gasteiger partial charge in [0, 0.05) is 36.9 Å². The Morgan fingerprint density at radius 1 is 1.20 bits per heavy atom. The zero-order valence-corrected chi connectivity index (χ0v) is 14.8. The highest BCUT2D eigenvalue weighted by atomic mass is 16.1. The van der Waals surface area contributed by atoms with E-state index < -0.39 is 0 Å². The summed E-state index contributed by atoms with van der Waals surface area (Å²) in [7, 11) is 1.68. The van der Waals surface area contributed by atoms with Crippen molar-refractivity contribution in [3.8, 4) is 0 Å². The van der Waals surface area contributed by atoms with Crippen LogP contribution >= 0.6 is 0 Å². The second-order valence-corrected chi connectivity index (χ2v) is 7.19. The van der Waals surface area contributed by atoms with E-state index in [1.54, 1.807) is 7.05 Å². The van der Waals surface area contributed by atoms with Gasteiger partial charge in [0.25, 0.3) is 5.91 Å². The molecule has 1 aromatic heterocycles. The number of fused-ring (bicyclic) bond motifs is 1. The predicted octanol–water partition coefficient (Wildman–Crippen LogP) is 2.09. The van der Waals surface area contributed by atoms with Gasteiger partial charge >= 0.3 is 0 Å². The maximum absolute atomic E-state index is 12.3. The summed E-state index contributed by atoms with van der Waals surface area (Å²) in [6, 6.07) is 11.6. The largest absolute Gasteiger partial charge is 0.354 e. The number of hydrogen-bond acceptors (Lipinski definition) is 3. The van der Waals surface area contributed by atoms with Crippen molar-refractivity contribution in [2.24, 2.45) is 0 Å². The molecule has 25 heavy (non-hydrogen) atoms. The molecule has 132 valence electrons.